The van der Waals surface area contributed by atoms with Crippen LogP contribution in [0.2, 0.25) is 5.02 Å². The zero-order valence-corrected chi connectivity index (χ0v) is 8.31. The summed E-state index contributed by atoms with van der Waals surface area (Å²) in [5.41, 5.74) is 0. The molecule has 0 atom stereocenters. The van der Waals surface area contributed by atoms with Gasteiger partial charge in [-0.25, -0.2) is 0 Å². The molecule has 0 fully saturated rings. The van der Waals surface area contributed by atoms with Crippen molar-refractivity contribution >= 4 is 28.4 Å². The largest absolute Gasteiger partial charge is 0.492 e. The van der Waals surface area contributed by atoms with E-state index in [1.54, 1.807) is 12.1 Å². The predicted octanol–water partition coefficient (Wildman–Crippen LogP) is 2.87. The smallest absolute Gasteiger partial charge is 0.225 e. The van der Waals surface area contributed by atoms with Gasteiger partial charge in [0, 0.05) is 0 Å². The topological polar surface area (TPSA) is 26.3 Å². The van der Waals surface area contributed by atoms with E-state index in [0.29, 0.717) is 10.8 Å². The summed E-state index contributed by atoms with van der Waals surface area (Å²) in [5, 5.41) is 0.122. The lowest BCUT2D eigenvalue weighted by atomic mass is 10.3. The maximum absolute atomic E-state index is 10.4. The quantitative estimate of drug-likeness (QED) is 0.727. The Morgan fingerprint density at radius 3 is 2.69 bits per heavy atom. The van der Waals surface area contributed by atoms with Crippen LogP contribution in [-0.2, 0) is 4.79 Å². The average molecular weight is 219 g/mol. The molecule has 0 aliphatic carbocycles. The molecule has 0 aliphatic rings. The molecule has 0 N–H and O–H groups in total. The highest BCUT2D eigenvalue weighted by Crippen LogP contribution is 2.22. The van der Waals surface area contributed by atoms with Crippen LogP contribution in [0, 0.1) is 0 Å². The van der Waals surface area contributed by atoms with Crippen molar-refractivity contribution in [3.8, 4) is 5.75 Å². The molecule has 70 valence electrons. The van der Waals surface area contributed by atoms with Gasteiger partial charge in [-0.3, -0.25) is 4.79 Å². The van der Waals surface area contributed by atoms with Crippen LogP contribution < -0.4 is 4.74 Å². The van der Waals surface area contributed by atoms with Crippen LogP contribution in [0.4, 0.5) is 0 Å². The molecular weight excluding hydrogens is 211 g/mol. The number of halogens is 2. The normalized spacial score (nSPS) is 9.69. The Morgan fingerprint density at radius 2 is 2.08 bits per heavy atom. The maximum atomic E-state index is 10.4. The van der Waals surface area contributed by atoms with Gasteiger partial charge in [0.05, 0.1) is 18.1 Å². The van der Waals surface area contributed by atoms with Crippen molar-refractivity contribution in [2.75, 3.05) is 6.61 Å². The first-order valence-electron chi connectivity index (χ1n) is 3.76. The number of carbonyl (C=O) groups excluding carboxylic acids is 1. The average Bonchev–Trinajstić information content (AvgIpc) is 2.08. The Balaban J connectivity index is 2.45. The third-order valence-corrected chi connectivity index (χ3v) is 1.89. The van der Waals surface area contributed by atoms with Crippen LogP contribution >= 0.6 is 23.2 Å². The summed E-state index contributed by atoms with van der Waals surface area (Å²) in [6.45, 7) is 0.256. The van der Waals surface area contributed by atoms with Gasteiger partial charge in [-0.15, -0.1) is 0 Å². The van der Waals surface area contributed by atoms with Crippen molar-refractivity contribution in [1.29, 1.82) is 0 Å². The fourth-order valence-corrected chi connectivity index (χ4v) is 1.07. The zero-order chi connectivity index (χ0) is 9.68. The lowest BCUT2D eigenvalue weighted by Gasteiger charge is -2.05. The molecule has 1 aromatic rings. The van der Waals surface area contributed by atoms with Gasteiger partial charge in [0.2, 0.25) is 5.24 Å². The fraction of sp³-hybridized carbons (Fsp3) is 0.222. The van der Waals surface area contributed by atoms with Gasteiger partial charge in [0.1, 0.15) is 5.75 Å². The third-order valence-electron chi connectivity index (χ3n) is 1.39. The molecule has 0 radical (unpaired) electrons. The first-order valence-corrected chi connectivity index (χ1v) is 4.51. The van der Waals surface area contributed by atoms with E-state index in [4.69, 9.17) is 27.9 Å². The molecule has 13 heavy (non-hydrogen) atoms. The van der Waals surface area contributed by atoms with Crippen LogP contribution in [0.5, 0.6) is 5.75 Å². The first kappa shape index (κ1) is 10.4. The molecule has 0 spiro atoms. The lowest BCUT2D eigenvalue weighted by molar-refractivity contribution is -0.112. The van der Waals surface area contributed by atoms with E-state index >= 15 is 0 Å². The van der Waals surface area contributed by atoms with Gasteiger partial charge in [-0.05, 0) is 23.7 Å². The Bertz CT molecular complexity index is 299. The molecule has 0 unspecified atom stereocenters. The van der Waals surface area contributed by atoms with Gasteiger partial charge in [0.25, 0.3) is 0 Å². The van der Waals surface area contributed by atoms with Gasteiger partial charge >= 0.3 is 0 Å². The molecule has 0 bridgehead atoms. The first-order chi connectivity index (χ1) is 6.20. The van der Waals surface area contributed by atoms with E-state index < -0.39 is 5.24 Å². The highest BCUT2D eigenvalue weighted by atomic mass is 35.5. The Labute approximate surface area is 86.4 Å². The molecule has 0 amide bonds. The molecule has 2 nitrogen and oxygen atoms in total. The van der Waals surface area contributed by atoms with Crippen molar-refractivity contribution < 1.29 is 9.53 Å². The minimum absolute atomic E-state index is 0.187. The highest BCUT2D eigenvalue weighted by Gasteiger charge is 2.00. The number of para-hydroxylation sites is 1. The molecule has 0 saturated heterocycles. The van der Waals surface area contributed by atoms with Crippen LogP contribution in [-0.4, -0.2) is 11.8 Å². The Morgan fingerprint density at radius 1 is 1.38 bits per heavy atom. The summed E-state index contributed by atoms with van der Waals surface area (Å²) in [4.78, 5) is 10.4. The zero-order valence-electron chi connectivity index (χ0n) is 6.80. The summed E-state index contributed by atoms with van der Waals surface area (Å²) >= 11 is 10.9. The van der Waals surface area contributed by atoms with Crippen molar-refractivity contribution in [1.82, 2.24) is 0 Å². The molecule has 1 rings (SSSR count). The second-order valence-electron chi connectivity index (χ2n) is 2.38. The van der Waals surface area contributed by atoms with Gasteiger partial charge in [0.15, 0.2) is 0 Å². The van der Waals surface area contributed by atoms with Crippen LogP contribution in [0.1, 0.15) is 6.42 Å². The third kappa shape index (κ3) is 3.66. The summed E-state index contributed by atoms with van der Waals surface area (Å²) < 4.78 is 5.21. The SMILES string of the molecule is O=C(Cl)CCOc1ccccc1Cl. The van der Waals surface area contributed by atoms with Gasteiger partial charge < -0.3 is 4.74 Å². The van der Waals surface area contributed by atoms with Crippen molar-refractivity contribution in [2.24, 2.45) is 0 Å². The van der Waals surface area contributed by atoms with E-state index in [1.165, 1.54) is 0 Å². The molecule has 0 aromatic heterocycles. The number of carbonyl (C=O) groups is 1. The fourth-order valence-electron chi connectivity index (χ4n) is 0.803. The van der Waals surface area contributed by atoms with Crippen LogP contribution in [0.3, 0.4) is 0 Å². The molecule has 4 heteroatoms. The van der Waals surface area contributed by atoms with E-state index in [1.807, 2.05) is 12.1 Å². The van der Waals surface area contributed by atoms with Crippen molar-refractivity contribution in [2.45, 2.75) is 6.42 Å². The van der Waals surface area contributed by atoms with Gasteiger partial charge in [-0.2, -0.15) is 0 Å². The summed E-state index contributed by atoms with van der Waals surface area (Å²) in [6.07, 6.45) is 0.187. The maximum Gasteiger partial charge on any atom is 0.225 e. The molecule has 0 heterocycles. The van der Waals surface area contributed by atoms with Crippen molar-refractivity contribution in [3.63, 3.8) is 0 Å². The summed E-state index contributed by atoms with van der Waals surface area (Å²) in [7, 11) is 0. The van der Waals surface area contributed by atoms with Crippen molar-refractivity contribution in [3.05, 3.63) is 29.3 Å². The monoisotopic (exact) mass is 218 g/mol. The number of benzene rings is 1. The van der Waals surface area contributed by atoms with Crippen LogP contribution in [0.25, 0.3) is 0 Å². The van der Waals surface area contributed by atoms with E-state index in [0.717, 1.165) is 0 Å². The molecule has 1 aromatic carbocycles. The van der Waals surface area contributed by atoms with Crippen LogP contribution in [0.15, 0.2) is 24.3 Å². The van der Waals surface area contributed by atoms with E-state index in [9.17, 15) is 4.79 Å². The molecular formula is C9H8Cl2O2. The predicted molar refractivity (Wildman–Crippen MR) is 52.4 cm³/mol. The summed E-state index contributed by atoms with van der Waals surface area (Å²) in [5.74, 6) is 0.571. The second kappa shape index (κ2) is 5.10. The second-order valence-corrected chi connectivity index (χ2v) is 3.21. The highest BCUT2D eigenvalue weighted by molar-refractivity contribution is 6.63. The number of rotatable bonds is 4. The minimum atomic E-state index is -0.410. The van der Waals surface area contributed by atoms with E-state index in [2.05, 4.69) is 0 Å². The minimum Gasteiger partial charge on any atom is -0.492 e. The Kier molecular flexibility index (Phi) is 4.06. The number of ether oxygens (including phenoxy) is 1. The number of hydrogen-bond donors (Lipinski definition) is 0. The van der Waals surface area contributed by atoms with E-state index in [-0.39, 0.29) is 13.0 Å². The molecule has 0 saturated carbocycles. The lowest BCUT2D eigenvalue weighted by Crippen LogP contribution is -2.01. The number of hydrogen-bond acceptors (Lipinski definition) is 2. The summed E-state index contributed by atoms with van der Waals surface area (Å²) in [6, 6.07) is 7.08. The van der Waals surface area contributed by atoms with Gasteiger partial charge in [-0.1, -0.05) is 23.7 Å². The molecule has 0 aliphatic heterocycles. The standard InChI is InChI=1S/C9H8Cl2O2/c10-7-3-1-2-4-8(7)13-6-5-9(11)12/h1-4H,5-6H2. The Hall–Kier alpha value is -0.730.